The summed E-state index contributed by atoms with van der Waals surface area (Å²) in [7, 11) is 0. The third kappa shape index (κ3) is 34.8. The van der Waals surface area contributed by atoms with Gasteiger partial charge in [-0.25, -0.2) is 4.79 Å². The van der Waals surface area contributed by atoms with Crippen LogP contribution in [0.25, 0.3) is 0 Å². The second-order valence-corrected chi connectivity index (χ2v) is 13.0. The molecule has 0 bridgehead atoms. The molecule has 302 valence electrons. The molecule has 0 saturated heterocycles. The molecule has 0 fully saturated rings. The second-order valence-electron chi connectivity index (χ2n) is 13.0. The molecule has 2 unspecified atom stereocenters. The average molecular weight is 751 g/mol. The zero-order valence-corrected chi connectivity index (χ0v) is 33.2. The van der Waals surface area contributed by atoms with Gasteiger partial charge < -0.3 is 25.6 Å². The van der Waals surface area contributed by atoms with Crippen LogP contribution in [0, 0.1) is 0 Å². The van der Waals surface area contributed by atoms with Crippen LogP contribution in [0.2, 0.25) is 0 Å². The number of aliphatic hydroxyl groups excluding tert-OH is 1. The number of hydrogen-bond donors (Lipinski definition) is 4. The number of carbonyl (C=O) groups is 4. The van der Waals surface area contributed by atoms with E-state index >= 15 is 0 Å². The van der Waals surface area contributed by atoms with Crippen LogP contribution in [0.5, 0.6) is 0 Å². The first-order valence-electron chi connectivity index (χ1n) is 20.1. The molecule has 0 saturated carbocycles. The number of allylic oxidation sites excluding steroid dienone is 16. The first kappa shape index (κ1) is 49.8. The van der Waals surface area contributed by atoms with Crippen molar-refractivity contribution in [2.45, 2.75) is 148 Å². The van der Waals surface area contributed by atoms with Gasteiger partial charge in [0.05, 0.1) is 13.2 Å². The molecule has 0 aromatic rings. The van der Waals surface area contributed by atoms with Gasteiger partial charge in [-0.15, -0.1) is 0 Å². The Bertz CT molecular complexity index is 1230. The van der Waals surface area contributed by atoms with Gasteiger partial charge in [-0.3, -0.25) is 14.4 Å². The number of aliphatic carboxylic acids is 1. The summed E-state index contributed by atoms with van der Waals surface area (Å²) in [5, 5.41) is 22.5. The molecule has 0 rings (SSSR count). The van der Waals surface area contributed by atoms with E-state index in [9.17, 15) is 19.2 Å². The van der Waals surface area contributed by atoms with Crippen LogP contribution < -0.4 is 10.6 Å². The molecule has 0 aliphatic carbocycles. The molecule has 0 radical (unpaired) electrons. The van der Waals surface area contributed by atoms with Gasteiger partial charge in [-0.2, -0.15) is 0 Å². The lowest BCUT2D eigenvalue weighted by molar-refractivity contribution is -0.149. The molecule has 0 aromatic heterocycles. The Morgan fingerprint density at radius 3 is 1.52 bits per heavy atom. The maximum absolute atomic E-state index is 12.7. The van der Waals surface area contributed by atoms with E-state index in [4.69, 9.17) is 14.9 Å². The maximum Gasteiger partial charge on any atom is 0.328 e. The van der Waals surface area contributed by atoms with Crippen molar-refractivity contribution >= 4 is 23.8 Å². The summed E-state index contributed by atoms with van der Waals surface area (Å²) in [6.07, 6.45) is 50.1. The van der Waals surface area contributed by atoms with Crippen molar-refractivity contribution in [1.82, 2.24) is 10.6 Å². The molecule has 54 heavy (non-hydrogen) atoms. The highest BCUT2D eigenvalue weighted by Gasteiger charge is 2.18. The normalized spacial score (nSPS) is 13.5. The van der Waals surface area contributed by atoms with E-state index in [0.717, 1.165) is 96.3 Å². The highest BCUT2D eigenvalue weighted by Crippen LogP contribution is 2.16. The van der Waals surface area contributed by atoms with Crippen LogP contribution in [-0.4, -0.2) is 59.3 Å². The number of ether oxygens (including phenoxy) is 1. The van der Waals surface area contributed by atoms with Gasteiger partial charge in [0.15, 0.2) is 0 Å². The molecule has 2 amide bonds. The lowest BCUT2D eigenvalue weighted by Gasteiger charge is -2.17. The molecule has 0 spiro atoms. The van der Waals surface area contributed by atoms with E-state index in [1.165, 1.54) is 0 Å². The molecule has 4 N–H and O–H groups in total. The molecular formula is C45H70N2O7. The molecule has 0 aliphatic heterocycles. The van der Waals surface area contributed by atoms with Crippen molar-refractivity contribution in [3.63, 3.8) is 0 Å². The molecule has 9 heteroatoms. The van der Waals surface area contributed by atoms with Crippen LogP contribution in [0.3, 0.4) is 0 Å². The van der Waals surface area contributed by atoms with Crippen molar-refractivity contribution in [2.24, 2.45) is 0 Å². The fourth-order valence-corrected chi connectivity index (χ4v) is 5.07. The standard InChI is InChI=1S/C45H70N2O7/c1-3-5-7-9-11-13-15-17-19-21-23-26-30-34-40(54-44(51)37-33-29-24-22-20-18-16-14-12-10-8-6-4-2)35-31-27-25-28-32-36-42(49)46-38-43(50)47-41(39-48)45(52)53/h5-8,11-14,17-20,23-24,26,29,40-41,48H,3-4,9-10,15-16,21-22,25,27-28,30-39H2,1-2H3,(H,46,49)(H,47,50)(H,52,53)/b7-5-,8-6-,13-11-,14-12-,19-17-,20-18-,26-23-,29-24-. The number of carboxylic acids is 1. The number of nitrogens with one attached hydrogen (secondary N) is 2. The van der Waals surface area contributed by atoms with E-state index in [2.05, 4.69) is 116 Å². The minimum absolute atomic E-state index is 0.134. The number of carbonyl (C=O) groups excluding carboxylic acids is 3. The number of aliphatic hydroxyl groups is 1. The fourth-order valence-electron chi connectivity index (χ4n) is 5.07. The summed E-state index contributed by atoms with van der Waals surface area (Å²) in [4.78, 5) is 47.4. The molecular weight excluding hydrogens is 681 g/mol. The topological polar surface area (TPSA) is 142 Å². The SMILES string of the molecule is CC/C=C\C/C=C\C/C=C\C/C=C\CCC(=O)OC(CC/C=C\C/C=C\C/C=C\C/C=C\CC)CCCCCCCC(=O)NCC(=O)NC(CO)C(=O)O. The van der Waals surface area contributed by atoms with E-state index in [0.29, 0.717) is 19.3 Å². The summed E-state index contributed by atoms with van der Waals surface area (Å²) in [6.45, 7) is 3.20. The van der Waals surface area contributed by atoms with Gasteiger partial charge in [-0.1, -0.05) is 130 Å². The largest absolute Gasteiger partial charge is 0.480 e. The highest BCUT2D eigenvalue weighted by molar-refractivity contribution is 5.87. The fraction of sp³-hybridized carbons (Fsp3) is 0.556. The molecule has 0 heterocycles. The van der Waals surface area contributed by atoms with Crippen LogP contribution in [-0.2, 0) is 23.9 Å². The number of unbranched alkanes of at least 4 members (excludes halogenated alkanes) is 4. The summed E-state index contributed by atoms with van der Waals surface area (Å²) in [5.74, 6) is -2.46. The zero-order chi connectivity index (χ0) is 39.7. The van der Waals surface area contributed by atoms with Crippen LogP contribution in [0.1, 0.15) is 136 Å². The first-order valence-corrected chi connectivity index (χ1v) is 20.1. The third-order valence-electron chi connectivity index (χ3n) is 8.10. The number of carboxylic acid groups (broad SMARTS) is 1. The average Bonchev–Trinajstić information content (AvgIpc) is 3.15. The molecule has 9 nitrogen and oxygen atoms in total. The first-order chi connectivity index (χ1) is 26.3. The van der Waals surface area contributed by atoms with Crippen molar-refractivity contribution in [3.8, 4) is 0 Å². The van der Waals surface area contributed by atoms with Gasteiger partial charge in [0, 0.05) is 12.8 Å². The van der Waals surface area contributed by atoms with Crippen molar-refractivity contribution in [2.75, 3.05) is 13.2 Å². The minimum Gasteiger partial charge on any atom is -0.480 e. The molecule has 0 aromatic carbocycles. The summed E-state index contributed by atoms with van der Waals surface area (Å²) in [6, 6.07) is -1.40. The smallest absolute Gasteiger partial charge is 0.328 e. The van der Waals surface area contributed by atoms with E-state index in [1.54, 1.807) is 0 Å². The van der Waals surface area contributed by atoms with Gasteiger partial charge in [-0.05, 0) is 89.9 Å². The Morgan fingerprint density at radius 2 is 1.02 bits per heavy atom. The van der Waals surface area contributed by atoms with Crippen molar-refractivity contribution in [3.05, 3.63) is 97.2 Å². The Labute approximate surface area is 326 Å². The van der Waals surface area contributed by atoms with Crippen LogP contribution >= 0.6 is 0 Å². The van der Waals surface area contributed by atoms with E-state index < -0.39 is 24.5 Å². The Balaban J connectivity index is 4.58. The predicted octanol–water partition coefficient (Wildman–Crippen LogP) is 9.48. The monoisotopic (exact) mass is 751 g/mol. The lowest BCUT2D eigenvalue weighted by atomic mass is 10.0. The third-order valence-corrected chi connectivity index (χ3v) is 8.10. The van der Waals surface area contributed by atoms with Gasteiger partial charge in [0.25, 0.3) is 0 Å². The lowest BCUT2D eigenvalue weighted by Crippen LogP contribution is -2.47. The second kappa shape index (κ2) is 38.5. The van der Waals surface area contributed by atoms with Gasteiger partial charge in [0.1, 0.15) is 12.1 Å². The van der Waals surface area contributed by atoms with E-state index in [1.807, 2.05) is 6.08 Å². The summed E-state index contributed by atoms with van der Waals surface area (Å²) < 4.78 is 5.92. The Kier molecular flexibility index (Phi) is 35.5. The zero-order valence-electron chi connectivity index (χ0n) is 33.2. The molecule has 0 aliphatic rings. The maximum atomic E-state index is 12.7. The number of hydrogen-bond acceptors (Lipinski definition) is 6. The highest BCUT2D eigenvalue weighted by atomic mass is 16.5. The van der Waals surface area contributed by atoms with Crippen LogP contribution in [0.15, 0.2) is 97.2 Å². The van der Waals surface area contributed by atoms with Crippen molar-refractivity contribution in [1.29, 1.82) is 0 Å². The Morgan fingerprint density at radius 1 is 0.556 bits per heavy atom. The van der Waals surface area contributed by atoms with Crippen molar-refractivity contribution < 1.29 is 34.1 Å². The number of rotatable bonds is 34. The predicted molar refractivity (Wildman–Crippen MR) is 222 cm³/mol. The summed E-state index contributed by atoms with van der Waals surface area (Å²) in [5.41, 5.74) is 0. The minimum atomic E-state index is -1.40. The quantitative estimate of drug-likeness (QED) is 0.0292. The van der Waals surface area contributed by atoms with Crippen LogP contribution in [0.4, 0.5) is 0 Å². The molecule has 2 atom stereocenters. The van der Waals surface area contributed by atoms with Gasteiger partial charge in [0.2, 0.25) is 11.8 Å². The van der Waals surface area contributed by atoms with Gasteiger partial charge >= 0.3 is 11.9 Å². The number of amides is 2. The number of esters is 1. The van der Waals surface area contributed by atoms with E-state index in [-0.39, 0.29) is 30.9 Å². The summed E-state index contributed by atoms with van der Waals surface area (Å²) >= 11 is 0. The Hall–Kier alpha value is -4.24.